The summed E-state index contributed by atoms with van der Waals surface area (Å²) in [6, 6.07) is 0. The van der Waals surface area contributed by atoms with Crippen molar-refractivity contribution < 1.29 is 0 Å². The first-order valence-electron chi connectivity index (χ1n) is 5.17. The number of aromatic nitrogens is 2. The summed E-state index contributed by atoms with van der Waals surface area (Å²) < 4.78 is 0. The monoisotopic (exact) mass is 192 g/mol. The molecule has 0 aromatic carbocycles. The van der Waals surface area contributed by atoms with Gasteiger partial charge in [-0.25, -0.2) is 0 Å². The van der Waals surface area contributed by atoms with Crippen LogP contribution in [-0.2, 0) is 0 Å². The molecule has 0 amide bonds. The van der Waals surface area contributed by atoms with E-state index in [4.69, 9.17) is 0 Å². The minimum Gasteiger partial charge on any atom is -0.367 e. The molecule has 0 spiro atoms. The van der Waals surface area contributed by atoms with Gasteiger partial charge in [0.15, 0.2) is 0 Å². The molecule has 4 heteroatoms. The molecule has 0 aliphatic carbocycles. The fraction of sp³-hybridized carbons (Fsp3) is 0.600. The molecule has 2 rings (SSSR count). The summed E-state index contributed by atoms with van der Waals surface area (Å²) in [6.07, 6.45) is 3.72. The molecule has 2 heterocycles. The second kappa shape index (κ2) is 3.82. The van der Waals surface area contributed by atoms with E-state index in [1.54, 1.807) is 0 Å². The lowest BCUT2D eigenvalue weighted by molar-refractivity contribution is 0.714. The van der Waals surface area contributed by atoms with Crippen molar-refractivity contribution in [2.24, 2.45) is 0 Å². The lowest BCUT2D eigenvalue weighted by Crippen LogP contribution is -2.41. The number of anilines is 2. The lowest BCUT2D eigenvalue weighted by Gasteiger charge is -2.37. The zero-order chi connectivity index (χ0) is 9.97. The third-order valence-electron chi connectivity index (χ3n) is 2.77. The molecule has 0 unspecified atom stereocenters. The van der Waals surface area contributed by atoms with Crippen LogP contribution in [0, 0.1) is 0 Å². The topological polar surface area (TPSA) is 32.3 Å². The van der Waals surface area contributed by atoms with Crippen molar-refractivity contribution >= 4 is 11.4 Å². The number of likely N-dealkylation sites (N-methyl/N-ethyl adjacent to an activating group) is 2. The first-order valence-corrected chi connectivity index (χ1v) is 5.17. The first kappa shape index (κ1) is 9.24. The minimum atomic E-state index is 1.04. The summed E-state index contributed by atoms with van der Waals surface area (Å²) in [5.41, 5.74) is 2.44. The molecule has 0 N–H and O–H groups in total. The van der Waals surface area contributed by atoms with Crippen molar-refractivity contribution in [2.75, 3.05) is 36.0 Å². The number of hydrogen-bond acceptors (Lipinski definition) is 4. The smallest absolute Gasteiger partial charge is 0.0826 e. The van der Waals surface area contributed by atoms with E-state index in [0.717, 1.165) is 26.2 Å². The van der Waals surface area contributed by atoms with E-state index in [9.17, 15) is 0 Å². The number of rotatable bonds is 2. The van der Waals surface area contributed by atoms with E-state index in [-0.39, 0.29) is 0 Å². The van der Waals surface area contributed by atoms with Crippen molar-refractivity contribution in [3.05, 3.63) is 12.4 Å². The second-order valence-electron chi connectivity index (χ2n) is 3.42. The van der Waals surface area contributed by atoms with E-state index < -0.39 is 0 Å². The fourth-order valence-electron chi connectivity index (χ4n) is 1.93. The van der Waals surface area contributed by atoms with Gasteiger partial charge in [-0.15, -0.1) is 0 Å². The van der Waals surface area contributed by atoms with Crippen LogP contribution >= 0.6 is 0 Å². The van der Waals surface area contributed by atoms with Crippen LogP contribution in [0.25, 0.3) is 0 Å². The zero-order valence-corrected chi connectivity index (χ0v) is 8.77. The van der Waals surface area contributed by atoms with E-state index in [1.165, 1.54) is 11.4 Å². The van der Waals surface area contributed by atoms with Gasteiger partial charge >= 0.3 is 0 Å². The zero-order valence-electron chi connectivity index (χ0n) is 8.77. The van der Waals surface area contributed by atoms with Crippen LogP contribution in [0.15, 0.2) is 12.4 Å². The molecule has 4 nitrogen and oxygen atoms in total. The SMILES string of the molecule is CCN1CCN(CC)c2cnncc21. The Kier molecular flexibility index (Phi) is 2.52. The van der Waals surface area contributed by atoms with Crippen LogP contribution in [0.5, 0.6) is 0 Å². The largest absolute Gasteiger partial charge is 0.367 e. The maximum absolute atomic E-state index is 3.95. The Balaban J connectivity index is 2.38. The van der Waals surface area contributed by atoms with Gasteiger partial charge in [0.1, 0.15) is 0 Å². The summed E-state index contributed by atoms with van der Waals surface area (Å²) in [4.78, 5) is 4.69. The van der Waals surface area contributed by atoms with Crippen LogP contribution in [0.1, 0.15) is 13.8 Å². The van der Waals surface area contributed by atoms with Gasteiger partial charge in [-0.1, -0.05) is 0 Å². The quantitative estimate of drug-likeness (QED) is 0.703. The third kappa shape index (κ3) is 1.41. The third-order valence-corrected chi connectivity index (χ3v) is 2.77. The average molecular weight is 192 g/mol. The molecule has 0 radical (unpaired) electrons. The highest BCUT2D eigenvalue weighted by Crippen LogP contribution is 2.30. The molecule has 76 valence electrons. The average Bonchev–Trinajstić information content (AvgIpc) is 2.27. The summed E-state index contributed by atoms with van der Waals surface area (Å²) >= 11 is 0. The Bertz CT molecular complexity index is 282. The van der Waals surface area contributed by atoms with Crippen LogP contribution in [0.3, 0.4) is 0 Å². The summed E-state index contributed by atoms with van der Waals surface area (Å²) in [5, 5.41) is 7.89. The van der Waals surface area contributed by atoms with Gasteiger partial charge in [-0.05, 0) is 13.8 Å². The summed E-state index contributed by atoms with van der Waals surface area (Å²) in [7, 11) is 0. The maximum Gasteiger partial charge on any atom is 0.0826 e. The highest BCUT2D eigenvalue weighted by Gasteiger charge is 2.20. The Hall–Kier alpha value is -1.32. The van der Waals surface area contributed by atoms with E-state index in [2.05, 4.69) is 33.8 Å². The Morgan fingerprint density at radius 3 is 1.79 bits per heavy atom. The molecule has 14 heavy (non-hydrogen) atoms. The number of nitrogens with zero attached hydrogens (tertiary/aromatic N) is 4. The first-order chi connectivity index (χ1) is 6.86. The standard InChI is InChI=1S/C10H16N4/c1-3-13-5-6-14(4-2)10-8-12-11-7-9(10)13/h7-8H,3-6H2,1-2H3. The van der Waals surface area contributed by atoms with Crippen molar-refractivity contribution in [3.63, 3.8) is 0 Å². The van der Waals surface area contributed by atoms with E-state index >= 15 is 0 Å². The minimum absolute atomic E-state index is 1.04. The van der Waals surface area contributed by atoms with Gasteiger partial charge in [0.05, 0.1) is 23.8 Å². The Morgan fingerprint density at radius 2 is 1.43 bits per heavy atom. The van der Waals surface area contributed by atoms with Gasteiger partial charge in [-0.2, -0.15) is 10.2 Å². The number of fused-ring (bicyclic) bond motifs is 1. The second-order valence-corrected chi connectivity index (χ2v) is 3.42. The van der Waals surface area contributed by atoms with Gasteiger partial charge in [0.2, 0.25) is 0 Å². The van der Waals surface area contributed by atoms with Crippen molar-refractivity contribution in [2.45, 2.75) is 13.8 Å². The Morgan fingerprint density at radius 1 is 1.00 bits per heavy atom. The van der Waals surface area contributed by atoms with Crippen molar-refractivity contribution in [3.8, 4) is 0 Å². The molecule has 0 fully saturated rings. The molecule has 1 aromatic rings. The van der Waals surface area contributed by atoms with Crippen molar-refractivity contribution in [1.82, 2.24) is 10.2 Å². The molecule has 1 aliphatic rings. The van der Waals surface area contributed by atoms with Crippen LogP contribution in [0.4, 0.5) is 11.4 Å². The molecule has 0 saturated heterocycles. The van der Waals surface area contributed by atoms with Crippen LogP contribution in [-0.4, -0.2) is 36.4 Å². The summed E-state index contributed by atoms with van der Waals surface area (Å²) in [6.45, 7) is 8.59. The predicted octanol–water partition coefficient (Wildman–Crippen LogP) is 1.14. The molecule has 0 saturated carbocycles. The Labute approximate surface area is 84.5 Å². The van der Waals surface area contributed by atoms with Crippen LogP contribution in [0.2, 0.25) is 0 Å². The highest BCUT2D eigenvalue weighted by molar-refractivity contribution is 5.71. The van der Waals surface area contributed by atoms with Crippen molar-refractivity contribution in [1.29, 1.82) is 0 Å². The molecule has 0 bridgehead atoms. The van der Waals surface area contributed by atoms with E-state index in [0.29, 0.717) is 0 Å². The fourth-order valence-corrected chi connectivity index (χ4v) is 1.93. The van der Waals surface area contributed by atoms with Gasteiger partial charge < -0.3 is 9.80 Å². The number of hydrogen-bond donors (Lipinski definition) is 0. The lowest BCUT2D eigenvalue weighted by atomic mass is 10.2. The summed E-state index contributed by atoms with van der Waals surface area (Å²) in [5.74, 6) is 0. The normalized spacial score (nSPS) is 15.6. The maximum atomic E-state index is 3.95. The van der Waals surface area contributed by atoms with Gasteiger partial charge in [0, 0.05) is 26.2 Å². The molecule has 0 atom stereocenters. The van der Waals surface area contributed by atoms with Gasteiger partial charge in [-0.3, -0.25) is 0 Å². The predicted molar refractivity (Wildman–Crippen MR) is 57.8 cm³/mol. The molecule has 1 aliphatic heterocycles. The van der Waals surface area contributed by atoms with E-state index in [1.807, 2.05) is 12.4 Å². The highest BCUT2D eigenvalue weighted by atomic mass is 15.3. The van der Waals surface area contributed by atoms with Gasteiger partial charge in [0.25, 0.3) is 0 Å². The molecular formula is C10H16N4. The molecule has 1 aromatic heterocycles. The van der Waals surface area contributed by atoms with Crippen LogP contribution < -0.4 is 9.80 Å². The molecular weight excluding hydrogens is 176 g/mol.